The van der Waals surface area contributed by atoms with Crippen LogP contribution in [0.5, 0.6) is 0 Å². The molecule has 0 bridgehead atoms. The summed E-state index contributed by atoms with van der Waals surface area (Å²) in [6, 6.07) is 9.19. The lowest BCUT2D eigenvalue weighted by atomic mass is 10.1. The van der Waals surface area contributed by atoms with Crippen molar-refractivity contribution in [3.63, 3.8) is 0 Å². The Balaban J connectivity index is 2.30. The summed E-state index contributed by atoms with van der Waals surface area (Å²) in [5, 5.41) is 0. The summed E-state index contributed by atoms with van der Waals surface area (Å²) < 4.78 is 50.7. The van der Waals surface area contributed by atoms with Crippen LogP contribution in [0.15, 0.2) is 52.3 Å². The van der Waals surface area contributed by atoms with Crippen molar-refractivity contribution in [1.82, 2.24) is 0 Å². The highest BCUT2D eigenvalue weighted by Gasteiger charge is 2.30. The van der Waals surface area contributed by atoms with E-state index in [2.05, 4.69) is 0 Å². The smallest absolute Gasteiger partial charge is 0.326 e. The fourth-order valence-corrected chi connectivity index (χ4v) is 2.58. The van der Waals surface area contributed by atoms with Crippen LogP contribution in [0.4, 0.5) is 17.6 Å². The van der Waals surface area contributed by atoms with Gasteiger partial charge in [-0.1, -0.05) is 11.8 Å². The van der Waals surface area contributed by atoms with E-state index in [9.17, 15) is 17.6 Å². The van der Waals surface area contributed by atoms with Crippen LogP contribution in [0.25, 0.3) is 0 Å². The number of nitrogens with two attached hydrogens (primary N) is 1. The van der Waals surface area contributed by atoms with Gasteiger partial charge in [-0.15, -0.1) is 0 Å². The van der Waals surface area contributed by atoms with Gasteiger partial charge in [0.1, 0.15) is 5.82 Å². The monoisotopic (exact) mass is 301 g/mol. The molecule has 0 atom stereocenters. The molecule has 0 radical (unpaired) electrons. The van der Waals surface area contributed by atoms with Crippen molar-refractivity contribution >= 4 is 11.8 Å². The Morgan fingerprint density at radius 1 is 1.00 bits per heavy atom. The second kappa shape index (κ2) is 5.85. The van der Waals surface area contributed by atoms with E-state index < -0.39 is 11.7 Å². The zero-order valence-corrected chi connectivity index (χ0v) is 11.1. The summed E-state index contributed by atoms with van der Waals surface area (Å²) in [6.07, 6.45) is -4.39. The molecule has 0 fully saturated rings. The first kappa shape index (κ1) is 14.9. The third-order valence-electron chi connectivity index (χ3n) is 2.65. The summed E-state index contributed by atoms with van der Waals surface area (Å²) >= 11 is 1.25. The van der Waals surface area contributed by atoms with Gasteiger partial charge in [0.15, 0.2) is 0 Å². The molecule has 0 unspecified atom stereocenters. The van der Waals surface area contributed by atoms with E-state index in [1.165, 1.54) is 30.0 Å². The molecule has 0 aliphatic rings. The Labute approximate surface area is 117 Å². The fourth-order valence-electron chi connectivity index (χ4n) is 1.64. The van der Waals surface area contributed by atoms with Crippen LogP contribution in [0.3, 0.4) is 0 Å². The van der Waals surface area contributed by atoms with E-state index in [-0.39, 0.29) is 12.4 Å². The van der Waals surface area contributed by atoms with Gasteiger partial charge in [-0.2, -0.15) is 13.2 Å². The number of benzene rings is 2. The van der Waals surface area contributed by atoms with Gasteiger partial charge in [0.05, 0.1) is 5.56 Å². The SMILES string of the molecule is NCc1cc(C(F)(F)F)ccc1Sc1ccc(F)cc1. The highest BCUT2D eigenvalue weighted by molar-refractivity contribution is 7.99. The van der Waals surface area contributed by atoms with E-state index in [4.69, 9.17) is 5.73 Å². The molecular formula is C14H11F4NS. The number of alkyl halides is 3. The first-order valence-electron chi connectivity index (χ1n) is 5.74. The molecule has 1 nitrogen and oxygen atoms in total. The van der Waals surface area contributed by atoms with Crippen LogP contribution in [0.1, 0.15) is 11.1 Å². The van der Waals surface area contributed by atoms with Gasteiger partial charge in [0, 0.05) is 16.3 Å². The molecule has 0 amide bonds. The predicted octanol–water partition coefficient (Wildman–Crippen LogP) is 4.45. The molecule has 0 saturated heterocycles. The van der Waals surface area contributed by atoms with Crippen molar-refractivity contribution in [2.75, 3.05) is 0 Å². The molecule has 2 rings (SSSR count). The third-order valence-corrected chi connectivity index (χ3v) is 3.78. The quantitative estimate of drug-likeness (QED) is 0.847. The van der Waals surface area contributed by atoms with Crippen molar-refractivity contribution in [2.24, 2.45) is 5.73 Å². The van der Waals surface area contributed by atoms with Gasteiger partial charge >= 0.3 is 6.18 Å². The van der Waals surface area contributed by atoms with Crippen molar-refractivity contribution in [3.8, 4) is 0 Å². The zero-order valence-electron chi connectivity index (χ0n) is 10.2. The Morgan fingerprint density at radius 2 is 1.65 bits per heavy atom. The first-order chi connectivity index (χ1) is 9.40. The minimum atomic E-state index is -4.39. The zero-order chi connectivity index (χ0) is 14.8. The van der Waals surface area contributed by atoms with Gasteiger partial charge in [-0.25, -0.2) is 4.39 Å². The van der Waals surface area contributed by atoms with Crippen molar-refractivity contribution < 1.29 is 17.6 Å². The molecule has 0 saturated carbocycles. The topological polar surface area (TPSA) is 26.0 Å². The maximum absolute atomic E-state index is 12.8. The van der Waals surface area contributed by atoms with E-state index in [0.717, 1.165) is 17.0 Å². The first-order valence-corrected chi connectivity index (χ1v) is 6.55. The molecule has 0 aromatic heterocycles. The fraction of sp³-hybridized carbons (Fsp3) is 0.143. The summed E-state index contributed by atoms with van der Waals surface area (Å²) in [5.74, 6) is -0.360. The predicted molar refractivity (Wildman–Crippen MR) is 69.9 cm³/mol. The standard InChI is InChI=1S/C14H11F4NS/c15-11-2-4-12(5-3-11)20-13-6-1-10(14(16,17)18)7-9(13)8-19/h1-7H,8,19H2. The maximum atomic E-state index is 12.8. The molecule has 0 spiro atoms. The molecule has 0 aliphatic carbocycles. The number of hydrogen-bond donors (Lipinski definition) is 1. The molecule has 2 N–H and O–H groups in total. The van der Waals surface area contributed by atoms with Gasteiger partial charge in [0.2, 0.25) is 0 Å². The second-order valence-corrected chi connectivity index (χ2v) is 5.20. The lowest BCUT2D eigenvalue weighted by molar-refractivity contribution is -0.137. The summed E-state index contributed by atoms with van der Waals surface area (Å²) in [5.41, 5.74) is 5.19. The minimum absolute atomic E-state index is 0.00739. The molecule has 106 valence electrons. The van der Waals surface area contributed by atoms with Crippen molar-refractivity contribution in [1.29, 1.82) is 0 Å². The Hall–Kier alpha value is -1.53. The lowest BCUT2D eigenvalue weighted by Crippen LogP contribution is -2.07. The van der Waals surface area contributed by atoms with Crippen LogP contribution in [-0.4, -0.2) is 0 Å². The minimum Gasteiger partial charge on any atom is -0.326 e. The largest absolute Gasteiger partial charge is 0.416 e. The average molecular weight is 301 g/mol. The van der Waals surface area contributed by atoms with Crippen LogP contribution in [0.2, 0.25) is 0 Å². The lowest BCUT2D eigenvalue weighted by Gasteiger charge is -2.12. The van der Waals surface area contributed by atoms with E-state index in [0.29, 0.717) is 10.5 Å². The highest BCUT2D eigenvalue weighted by Crippen LogP contribution is 2.35. The molecule has 6 heteroatoms. The van der Waals surface area contributed by atoms with Gasteiger partial charge in [-0.3, -0.25) is 0 Å². The summed E-state index contributed by atoms with van der Waals surface area (Å²) in [6.45, 7) is 0.00739. The molecule has 0 aliphatic heterocycles. The number of rotatable bonds is 3. The second-order valence-electron chi connectivity index (χ2n) is 4.08. The molecular weight excluding hydrogens is 290 g/mol. The average Bonchev–Trinajstić information content (AvgIpc) is 2.40. The Morgan fingerprint density at radius 3 is 2.20 bits per heavy atom. The van der Waals surface area contributed by atoms with E-state index in [1.807, 2.05) is 0 Å². The molecule has 0 heterocycles. The summed E-state index contributed by atoms with van der Waals surface area (Å²) in [4.78, 5) is 1.37. The Kier molecular flexibility index (Phi) is 4.35. The van der Waals surface area contributed by atoms with Crippen LogP contribution < -0.4 is 5.73 Å². The summed E-state index contributed by atoms with van der Waals surface area (Å²) in [7, 11) is 0. The normalized spacial score (nSPS) is 11.7. The van der Waals surface area contributed by atoms with Gasteiger partial charge in [0.25, 0.3) is 0 Å². The van der Waals surface area contributed by atoms with E-state index in [1.54, 1.807) is 12.1 Å². The van der Waals surface area contributed by atoms with Crippen molar-refractivity contribution in [3.05, 3.63) is 59.4 Å². The van der Waals surface area contributed by atoms with Crippen LogP contribution in [0, 0.1) is 5.82 Å². The maximum Gasteiger partial charge on any atom is 0.416 e. The number of halogens is 4. The Bertz CT molecular complexity index is 593. The molecule has 2 aromatic carbocycles. The van der Waals surface area contributed by atoms with Gasteiger partial charge < -0.3 is 5.73 Å². The molecule has 20 heavy (non-hydrogen) atoms. The molecule has 2 aromatic rings. The van der Waals surface area contributed by atoms with Crippen LogP contribution in [-0.2, 0) is 12.7 Å². The van der Waals surface area contributed by atoms with E-state index >= 15 is 0 Å². The highest BCUT2D eigenvalue weighted by atomic mass is 32.2. The van der Waals surface area contributed by atoms with Crippen LogP contribution >= 0.6 is 11.8 Å². The number of hydrogen-bond acceptors (Lipinski definition) is 2. The van der Waals surface area contributed by atoms with Gasteiger partial charge in [-0.05, 0) is 48.0 Å². The third kappa shape index (κ3) is 3.52. The van der Waals surface area contributed by atoms with Crippen molar-refractivity contribution in [2.45, 2.75) is 22.5 Å².